The predicted octanol–water partition coefficient (Wildman–Crippen LogP) is 4.29. The number of aliphatic hydroxyl groups is 1. The Labute approximate surface area is 144 Å². The number of methoxy groups -OCH3 is 2. The normalized spacial score (nSPS) is 19.6. The zero-order valence-electron chi connectivity index (χ0n) is 14.5. The molecule has 2 unspecified atom stereocenters. The number of hydrogen-bond acceptors (Lipinski definition) is 3. The third kappa shape index (κ3) is 3.41. The van der Waals surface area contributed by atoms with Gasteiger partial charge >= 0.3 is 0 Å². The maximum absolute atomic E-state index is 9.32. The number of fused-ring (bicyclic) bond motifs is 1. The molecule has 0 aromatic heterocycles. The van der Waals surface area contributed by atoms with Crippen molar-refractivity contribution in [3.05, 3.63) is 59.2 Å². The van der Waals surface area contributed by atoms with E-state index in [0.29, 0.717) is 11.8 Å². The van der Waals surface area contributed by atoms with Crippen LogP contribution in [0.2, 0.25) is 0 Å². The highest BCUT2D eigenvalue weighted by Gasteiger charge is 2.30. The smallest absolute Gasteiger partial charge is 0.119 e. The minimum Gasteiger partial charge on any atom is -0.497 e. The highest BCUT2D eigenvalue weighted by Crippen LogP contribution is 2.45. The van der Waals surface area contributed by atoms with Gasteiger partial charge in [-0.2, -0.15) is 0 Å². The van der Waals surface area contributed by atoms with Crippen molar-refractivity contribution in [1.82, 2.24) is 0 Å². The Morgan fingerprint density at radius 3 is 2.38 bits per heavy atom. The molecule has 3 rings (SSSR count). The number of rotatable bonds is 6. The number of aliphatic hydroxyl groups excluding tert-OH is 1. The minimum atomic E-state index is 0.247. The van der Waals surface area contributed by atoms with E-state index in [2.05, 4.69) is 30.3 Å². The van der Waals surface area contributed by atoms with Gasteiger partial charge in [-0.1, -0.05) is 18.2 Å². The Morgan fingerprint density at radius 1 is 1.00 bits per heavy atom. The van der Waals surface area contributed by atoms with Crippen molar-refractivity contribution in [2.75, 3.05) is 20.8 Å². The summed E-state index contributed by atoms with van der Waals surface area (Å²) in [5.41, 5.74) is 4.17. The second-order valence-corrected chi connectivity index (χ2v) is 6.46. The zero-order valence-corrected chi connectivity index (χ0v) is 14.5. The van der Waals surface area contributed by atoms with Crippen LogP contribution in [0.15, 0.2) is 42.5 Å². The molecule has 0 fully saturated rings. The van der Waals surface area contributed by atoms with Crippen LogP contribution in [-0.4, -0.2) is 25.9 Å². The van der Waals surface area contributed by atoms with Gasteiger partial charge in [-0.05, 0) is 78.5 Å². The largest absolute Gasteiger partial charge is 0.497 e. The fraction of sp³-hybridized carbons (Fsp3) is 0.429. The van der Waals surface area contributed by atoms with E-state index in [-0.39, 0.29) is 6.61 Å². The van der Waals surface area contributed by atoms with Gasteiger partial charge in [0.1, 0.15) is 11.5 Å². The third-order valence-electron chi connectivity index (χ3n) is 5.18. The number of benzene rings is 2. The zero-order chi connectivity index (χ0) is 16.9. The molecule has 1 aliphatic carbocycles. The summed E-state index contributed by atoms with van der Waals surface area (Å²) in [5, 5.41) is 9.32. The van der Waals surface area contributed by atoms with Crippen LogP contribution < -0.4 is 9.47 Å². The molecule has 0 heterocycles. The highest BCUT2D eigenvalue weighted by atomic mass is 16.5. The van der Waals surface area contributed by atoms with Crippen molar-refractivity contribution in [2.45, 2.75) is 37.5 Å². The van der Waals surface area contributed by atoms with Crippen LogP contribution >= 0.6 is 0 Å². The van der Waals surface area contributed by atoms with E-state index in [1.165, 1.54) is 16.7 Å². The molecule has 1 N–H and O–H groups in total. The lowest BCUT2D eigenvalue weighted by atomic mass is 9.70. The molecule has 0 spiro atoms. The van der Waals surface area contributed by atoms with Crippen LogP contribution in [0.1, 0.15) is 47.8 Å². The Morgan fingerprint density at radius 2 is 1.71 bits per heavy atom. The fourth-order valence-electron chi connectivity index (χ4n) is 3.93. The van der Waals surface area contributed by atoms with E-state index in [1.807, 2.05) is 12.1 Å². The summed E-state index contributed by atoms with van der Waals surface area (Å²) in [6.45, 7) is 0.247. The fourth-order valence-corrected chi connectivity index (χ4v) is 3.93. The maximum Gasteiger partial charge on any atom is 0.119 e. The minimum absolute atomic E-state index is 0.247. The van der Waals surface area contributed by atoms with Crippen molar-refractivity contribution in [1.29, 1.82) is 0 Å². The van der Waals surface area contributed by atoms with Crippen molar-refractivity contribution in [3.63, 3.8) is 0 Å². The molecular weight excluding hydrogens is 300 g/mol. The number of ether oxygens (including phenoxy) is 2. The lowest BCUT2D eigenvalue weighted by molar-refractivity contribution is 0.273. The van der Waals surface area contributed by atoms with Crippen molar-refractivity contribution >= 4 is 0 Å². The third-order valence-corrected chi connectivity index (χ3v) is 5.18. The Hall–Kier alpha value is -2.00. The molecule has 0 amide bonds. The average Bonchev–Trinajstić information content (AvgIpc) is 2.65. The second-order valence-electron chi connectivity index (χ2n) is 6.46. The first kappa shape index (κ1) is 16.8. The molecule has 2 aromatic rings. The topological polar surface area (TPSA) is 38.7 Å². The van der Waals surface area contributed by atoms with Crippen LogP contribution in [0.25, 0.3) is 0 Å². The Bertz CT molecular complexity index is 663. The monoisotopic (exact) mass is 326 g/mol. The first-order valence-electron chi connectivity index (χ1n) is 8.68. The summed E-state index contributed by atoms with van der Waals surface area (Å²) >= 11 is 0. The van der Waals surface area contributed by atoms with E-state index in [0.717, 1.165) is 37.2 Å². The Kier molecular flexibility index (Phi) is 5.41. The molecule has 0 aliphatic heterocycles. The summed E-state index contributed by atoms with van der Waals surface area (Å²) in [7, 11) is 3.41. The van der Waals surface area contributed by atoms with Crippen LogP contribution in [-0.2, 0) is 6.42 Å². The van der Waals surface area contributed by atoms with Crippen LogP contribution in [0.3, 0.4) is 0 Å². The summed E-state index contributed by atoms with van der Waals surface area (Å²) < 4.78 is 10.7. The van der Waals surface area contributed by atoms with Gasteiger partial charge in [0, 0.05) is 6.61 Å². The molecule has 0 bridgehead atoms. The summed E-state index contributed by atoms with van der Waals surface area (Å²) in [6.07, 6.45) is 4.04. The van der Waals surface area contributed by atoms with Crippen molar-refractivity contribution in [3.8, 4) is 11.5 Å². The quantitative estimate of drug-likeness (QED) is 0.860. The molecule has 24 heavy (non-hydrogen) atoms. The molecular formula is C21H26O3. The van der Waals surface area contributed by atoms with Crippen LogP contribution in [0, 0.1) is 0 Å². The molecule has 0 radical (unpaired) electrons. The molecule has 0 saturated heterocycles. The first-order valence-corrected chi connectivity index (χ1v) is 8.68. The van der Waals surface area contributed by atoms with Gasteiger partial charge in [-0.3, -0.25) is 0 Å². The molecule has 1 aliphatic rings. The van der Waals surface area contributed by atoms with E-state index >= 15 is 0 Å². The van der Waals surface area contributed by atoms with Gasteiger partial charge in [0.2, 0.25) is 0 Å². The molecule has 3 heteroatoms. The summed E-state index contributed by atoms with van der Waals surface area (Å²) in [4.78, 5) is 0. The lowest BCUT2D eigenvalue weighted by Gasteiger charge is -2.34. The molecule has 128 valence electrons. The molecule has 2 atom stereocenters. The van der Waals surface area contributed by atoms with E-state index in [1.54, 1.807) is 14.2 Å². The summed E-state index contributed by atoms with van der Waals surface area (Å²) in [6, 6.07) is 14.9. The molecule has 0 saturated carbocycles. The number of hydrogen-bond donors (Lipinski definition) is 1. The van der Waals surface area contributed by atoms with Gasteiger partial charge < -0.3 is 14.6 Å². The number of aryl methyl sites for hydroxylation is 1. The highest BCUT2D eigenvalue weighted by molar-refractivity contribution is 5.43. The summed E-state index contributed by atoms with van der Waals surface area (Å²) in [5.74, 6) is 2.76. The molecule has 3 nitrogen and oxygen atoms in total. The van der Waals surface area contributed by atoms with Crippen LogP contribution in [0.4, 0.5) is 0 Å². The first-order chi connectivity index (χ1) is 11.8. The van der Waals surface area contributed by atoms with E-state index < -0.39 is 0 Å². The second kappa shape index (κ2) is 7.71. The Balaban J connectivity index is 1.93. The standard InChI is InChI=1S/C21H26O3/c1-23-17-8-5-15(6-9-17)19-11-7-16-14-18(24-2)10-12-20(16)21(19)4-3-13-22/h5-6,8-10,12,14,19,21-22H,3-4,7,11,13H2,1-2H3. The van der Waals surface area contributed by atoms with Crippen molar-refractivity contribution in [2.24, 2.45) is 0 Å². The maximum atomic E-state index is 9.32. The van der Waals surface area contributed by atoms with Crippen LogP contribution in [0.5, 0.6) is 11.5 Å². The van der Waals surface area contributed by atoms with Gasteiger partial charge in [0.25, 0.3) is 0 Å². The van der Waals surface area contributed by atoms with Gasteiger partial charge in [0.15, 0.2) is 0 Å². The van der Waals surface area contributed by atoms with Gasteiger partial charge in [-0.25, -0.2) is 0 Å². The van der Waals surface area contributed by atoms with Gasteiger partial charge in [-0.15, -0.1) is 0 Å². The molecule has 2 aromatic carbocycles. The van der Waals surface area contributed by atoms with Crippen molar-refractivity contribution < 1.29 is 14.6 Å². The van der Waals surface area contributed by atoms with E-state index in [9.17, 15) is 5.11 Å². The van der Waals surface area contributed by atoms with E-state index in [4.69, 9.17) is 9.47 Å². The average molecular weight is 326 g/mol. The lowest BCUT2D eigenvalue weighted by Crippen LogP contribution is -2.20. The van der Waals surface area contributed by atoms with Gasteiger partial charge in [0.05, 0.1) is 14.2 Å². The SMILES string of the molecule is COc1ccc(C2CCc3cc(OC)ccc3C2CCCO)cc1. The predicted molar refractivity (Wildman–Crippen MR) is 96.1 cm³/mol.